The van der Waals surface area contributed by atoms with Crippen molar-refractivity contribution in [2.24, 2.45) is 5.92 Å². The highest BCUT2D eigenvalue weighted by Crippen LogP contribution is 2.28. The second-order valence-corrected chi connectivity index (χ2v) is 3.56. The summed E-state index contributed by atoms with van der Waals surface area (Å²) >= 11 is 0. The van der Waals surface area contributed by atoms with Crippen LogP contribution in [0.1, 0.15) is 32.6 Å². The standard InChI is InChI=1S/C10H19NO2/c1-3-13-10(12)9(11-2)8-6-4-5-7-8/h8-9,11H,3-7H2,1-2H3. The first-order valence-corrected chi connectivity index (χ1v) is 5.13. The lowest BCUT2D eigenvalue weighted by Gasteiger charge is -2.20. The minimum Gasteiger partial charge on any atom is -0.465 e. The molecule has 0 aromatic heterocycles. The zero-order chi connectivity index (χ0) is 9.68. The number of rotatable bonds is 4. The highest BCUT2D eigenvalue weighted by Gasteiger charge is 2.30. The van der Waals surface area contributed by atoms with Crippen LogP contribution in [0.5, 0.6) is 0 Å². The summed E-state index contributed by atoms with van der Waals surface area (Å²) in [7, 11) is 1.83. The molecule has 0 saturated heterocycles. The fourth-order valence-electron chi connectivity index (χ4n) is 2.07. The number of carbonyl (C=O) groups excluding carboxylic acids is 1. The van der Waals surface area contributed by atoms with Gasteiger partial charge in [0.05, 0.1) is 6.61 Å². The summed E-state index contributed by atoms with van der Waals surface area (Å²) in [5, 5.41) is 3.05. The molecule has 1 fully saturated rings. The zero-order valence-corrected chi connectivity index (χ0v) is 8.51. The molecule has 76 valence electrons. The van der Waals surface area contributed by atoms with Crippen LogP contribution in [0.2, 0.25) is 0 Å². The van der Waals surface area contributed by atoms with Crippen LogP contribution in [0.3, 0.4) is 0 Å². The Balaban J connectivity index is 2.44. The lowest BCUT2D eigenvalue weighted by molar-refractivity contribution is -0.147. The Morgan fingerprint density at radius 2 is 2.15 bits per heavy atom. The number of ether oxygens (including phenoxy) is 1. The lowest BCUT2D eigenvalue weighted by Crippen LogP contribution is -2.41. The molecule has 1 rings (SSSR count). The van der Waals surface area contributed by atoms with Crippen molar-refractivity contribution in [3.05, 3.63) is 0 Å². The van der Waals surface area contributed by atoms with E-state index in [1.807, 2.05) is 14.0 Å². The van der Waals surface area contributed by atoms with E-state index in [0.717, 1.165) is 12.8 Å². The van der Waals surface area contributed by atoms with E-state index in [-0.39, 0.29) is 12.0 Å². The maximum atomic E-state index is 11.5. The van der Waals surface area contributed by atoms with Crippen molar-refractivity contribution in [3.63, 3.8) is 0 Å². The van der Waals surface area contributed by atoms with Crippen molar-refractivity contribution in [2.75, 3.05) is 13.7 Å². The van der Waals surface area contributed by atoms with Gasteiger partial charge in [0.15, 0.2) is 0 Å². The molecule has 0 aromatic carbocycles. The van der Waals surface area contributed by atoms with Gasteiger partial charge in [0, 0.05) is 0 Å². The lowest BCUT2D eigenvalue weighted by atomic mass is 9.98. The summed E-state index contributed by atoms with van der Waals surface area (Å²) in [5.74, 6) is 0.404. The Labute approximate surface area is 79.8 Å². The van der Waals surface area contributed by atoms with Crippen LogP contribution in [-0.2, 0) is 9.53 Å². The quantitative estimate of drug-likeness (QED) is 0.671. The number of likely N-dealkylation sites (N-methyl/N-ethyl adjacent to an activating group) is 1. The van der Waals surface area contributed by atoms with Crippen LogP contribution >= 0.6 is 0 Å². The van der Waals surface area contributed by atoms with Gasteiger partial charge in [-0.3, -0.25) is 4.79 Å². The molecule has 0 aliphatic heterocycles. The molecule has 0 heterocycles. The minimum atomic E-state index is -0.0862. The number of esters is 1. The number of hydrogen-bond donors (Lipinski definition) is 1. The van der Waals surface area contributed by atoms with Gasteiger partial charge in [-0.05, 0) is 32.7 Å². The summed E-state index contributed by atoms with van der Waals surface area (Å²) in [4.78, 5) is 11.5. The molecule has 0 amide bonds. The molecule has 13 heavy (non-hydrogen) atoms. The maximum Gasteiger partial charge on any atom is 0.323 e. The van der Waals surface area contributed by atoms with E-state index in [0.29, 0.717) is 12.5 Å². The Bertz CT molecular complexity index is 164. The third-order valence-corrected chi connectivity index (χ3v) is 2.72. The predicted molar refractivity (Wildman–Crippen MR) is 51.4 cm³/mol. The fraction of sp³-hybridized carbons (Fsp3) is 0.900. The second kappa shape index (κ2) is 5.22. The highest BCUT2D eigenvalue weighted by molar-refractivity contribution is 5.76. The first-order chi connectivity index (χ1) is 6.29. The summed E-state index contributed by atoms with van der Waals surface area (Å²) in [6.45, 7) is 2.32. The van der Waals surface area contributed by atoms with Gasteiger partial charge in [0.25, 0.3) is 0 Å². The van der Waals surface area contributed by atoms with E-state index in [9.17, 15) is 4.79 Å². The van der Waals surface area contributed by atoms with Crippen molar-refractivity contribution in [3.8, 4) is 0 Å². The van der Waals surface area contributed by atoms with Gasteiger partial charge >= 0.3 is 5.97 Å². The Morgan fingerprint density at radius 3 is 2.62 bits per heavy atom. The van der Waals surface area contributed by atoms with E-state index in [1.165, 1.54) is 12.8 Å². The van der Waals surface area contributed by atoms with Gasteiger partial charge in [-0.2, -0.15) is 0 Å². The summed E-state index contributed by atoms with van der Waals surface area (Å²) < 4.78 is 5.01. The fourth-order valence-corrected chi connectivity index (χ4v) is 2.07. The molecule has 0 radical (unpaired) electrons. The maximum absolute atomic E-state index is 11.5. The molecule has 1 N–H and O–H groups in total. The molecule has 3 nitrogen and oxygen atoms in total. The Morgan fingerprint density at radius 1 is 1.54 bits per heavy atom. The van der Waals surface area contributed by atoms with Crippen LogP contribution in [0.15, 0.2) is 0 Å². The van der Waals surface area contributed by atoms with Crippen LogP contribution in [0.4, 0.5) is 0 Å². The van der Waals surface area contributed by atoms with Crippen molar-refractivity contribution >= 4 is 5.97 Å². The third-order valence-electron chi connectivity index (χ3n) is 2.72. The largest absolute Gasteiger partial charge is 0.465 e. The van der Waals surface area contributed by atoms with E-state index in [2.05, 4.69) is 5.32 Å². The topological polar surface area (TPSA) is 38.3 Å². The minimum absolute atomic E-state index is 0.0811. The average Bonchev–Trinajstić information content (AvgIpc) is 2.59. The van der Waals surface area contributed by atoms with Gasteiger partial charge in [-0.1, -0.05) is 12.8 Å². The first-order valence-electron chi connectivity index (χ1n) is 5.13. The average molecular weight is 185 g/mol. The normalized spacial score (nSPS) is 20.2. The van der Waals surface area contributed by atoms with Crippen molar-refractivity contribution in [1.82, 2.24) is 5.32 Å². The predicted octanol–water partition coefficient (Wildman–Crippen LogP) is 1.33. The molecule has 1 aliphatic carbocycles. The molecule has 1 atom stereocenters. The number of carbonyl (C=O) groups is 1. The summed E-state index contributed by atoms with van der Waals surface area (Å²) in [6, 6.07) is -0.0811. The molecule has 1 aliphatic rings. The second-order valence-electron chi connectivity index (χ2n) is 3.56. The van der Waals surface area contributed by atoms with Crippen LogP contribution in [0, 0.1) is 5.92 Å². The van der Waals surface area contributed by atoms with Gasteiger partial charge in [0.2, 0.25) is 0 Å². The van der Waals surface area contributed by atoms with Gasteiger partial charge in [-0.25, -0.2) is 0 Å². The molecule has 0 bridgehead atoms. The monoisotopic (exact) mass is 185 g/mol. The molecular weight excluding hydrogens is 166 g/mol. The first kappa shape index (κ1) is 10.5. The molecule has 1 unspecified atom stereocenters. The zero-order valence-electron chi connectivity index (χ0n) is 8.51. The third kappa shape index (κ3) is 2.69. The Kier molecular flexibility index (Phi) is 4.22. The van der Waals surface area contributed by atoms with E-state index < -0.39 is 0 Å². The smallest absolute Gasteiger partial charge is 0.323 e. The Hall–Kier alpha value is -0.570. The van der Waals surface area contributed by atoms with Crippen molar-refractivity contribution in [1.29, 1.82) is 0 Å². The molecular formula is C10H19NO2. The van der Waals surface area contributed by atoms with Gasteiger partial charge in [-0.15, -0.1) is 0 Å². The molecule has 0 aromatic rings. The molecule has 3 heteroatoms. The van der Waals surface area contributed by atoms with E-state index in [4.69, 9.17) is 4.74 Å². The summed E-state index contributed by atoms with van der Waals surface area (Å²) in [5.41, 5.74) is 0. The van der Waals surface area contributed by atoms with Crippen LogP contribution in [-0.4, -0.2) is 25.7 Å². The van der Waals surface area contributed by atoms with Crippen molar-refractivity contribution in [2.45, 2.75) is 38.6 Å². The molecule has 0 spiro atoms. The SMILES string of the molecule is CCOC(=O)C(NC)C1CCCC1. The number of nitrogens with one attached hydrogen (secondary N) is 1. The van der Waals surface area contributed by atoms with Crippen molar-refractivity contribution < 1.29 is 9.53 Å². The van der Waals surface area contributed by atoms with E-state index in [1.54, 1.807) is 0 Å². The number of hydrogen-bond acceptors (Lipinski definition) is 3. The van der Waals surface area contributed by atoms with Crippen LogP contribution in [0.25, 0.3) is 0 Å². The molecule has 1 saturated carbocycles. The summed E-state index contributed by atoms with van der Waals surface area (Å²) in [6.07, 6.45) is 4.82. The van der Waals surface area contributed by atoms with Crippen LogP contribution < -0.4 is 5.32 Å². The van der Waals surface area contributed by atoms with Gasteiger partial charge < -0.3 is 10.1 Å². The highest BCUT2D eigenvalue weighted by atomic mass is 16.5. The van der Waals surface area contributed by atoms with Gasteiger partial charge in [0.1, 0.15) is 6.04 Å². The van der Waals surface area contributed by atoms with E-state index >= 15 is 0 Å².